The van der Waals surface area contributed by atoms with Gasteiger partial charge in [0.05, 0.1) is 0 Å². The lowest BCUT2D eigenvalue weighted by Crippen LogP contribution is -2.47. The molecule has 3 rings (SSSR count). The van der Waals surface area contributed by atoms with E-state index in [1.807, 2.05) is 18.3 Å². The molecule has 0 bridgehead atoms. The molecule has 0 aliphatic carbocycles. The van der Waals surface area contributed by atoms with Gasteiger partial charge in [-0.1, -0.05) is 18.2 Å². The summed E-state index contributed by atoms with van der Waals surface area (Å²) < 4.78 is 37.0. The van der Waals surface area contributed by atoms with Gasteiger partial charge in [-0.3, -0.25) is 14.7 Å². The summed E-state index contributed by atoms with van der Waals surface area (Å²) in [7, 11) is 0. The molecule has 1 amide bonds. The van der Waals surface area contributed by atoms with E-state index in [1.165, 1.54) is 18.2 Å². The monoisotopic (exact) mass is 407 g/mol. The third kappa shape index (κ3) is 6.38. The molecule has 2 aromatic rings. The van der Waals surface area contributed by atoms with E-state index in [0.717, 1.165) is 25.2 Å². The highest BCUT2D eigenvalue weighted by molar-refractivity contribution is 8.00. The largest absolute Gasteiger partial charge is 0.446 e. The Bertz CT molecular complexity index is 802. The quantitative estimate of drug-likeness (QED) is 0.554. The maximum absolute atomic E-state index is 12.3. The van der Waals surface area contributed by atoms with Crippen molar-refractivity contribution >= 4 is 23.7 Å². The van der Waals surface area contributed by atoms with Crippen LogP contribution in [0.3, 0.4) is 0 Å². The second-order valence-corrected chi connectivity index (χ2v) is 7.55. The molecule has 0 spiro atoms. The van der Waals surface area contributed by atoms with Gasteiger partial charge < -0.3 is 4.90 Å². The van der Waals surface area contributed by atoms with Crippen LogP contribution in [0.25, 0.3) is 6.08 Å². The third-order valence-electron chi connectivity index (χ3n) is 4.34. The molecule has 148 valence electrons. The molecule has 28 heavy (non-hydrogen) atoms. The summed E-state index contributed by atoms with van der Waals surface area (Å²) in [5, 5.41) is 0. The lowest BCUT2D eigenvalue weighted by Gasteiger charge is -2.34. The van der Waals surface area contributed by atoms with Crippen molar-refractivity contribution in [2.45, 2.75) is 16.9 Å². The van der Waals surface area contributed by atoms with Gasteiger partial charge in [0.25, 0.3) is 0 Å². The number of hydrogen-bond acceptors (Lipinski definition) is 4. The van der Waals surface area contributed by atoms with Gasteiger partial charge in [-0.25, -0.2) is 0 Å². The molecule has 4 nitrogen and oxygen atoms in total. The lowest BCUT2D eigenvalue weighted by atomic mass is 10.2. The minimum absolute atomic E-state index is 0.0882. The molecule has 1 aliphatic rings. The molecule has 0 N–H and O–H groups in total. The first-order valence-electron chi connectivity index (χ1n) is 8.83. The first kappa shape index (κ1) is 20.4. The molecule has 2 heterocycles. The number of aromatic nitrogens is 1. The minimum Gasteiger partial charge on any atom is -0.337 e. The average molecular weight is 407 g/mol. The topological polar surface area (TPSA) is 36.4 Å². The first-order chi connectivity index (χ1) is 13.4. The fraction of sp³-hybridized carbons (Fsp3) is 0.300. The number of nitrogens with zero attached hydrogens (tertiary/aromatic N) is 3. The number of benzene rings is 1. The Morgan fingerprint density at radius 3 is 2.43 bits per heavy atom. The van der Waals surface area contributed by atoms with Crippen LogP contribution in [0.4, 0.5) is 13.2 Å². The van der Waals surface area contributed by atoms with Crippen LogP contribution in [0.1, 0.15) is 11.1 Å². The Kier molecular flexibility index (Phi) is 6.74. The molecule has 0 saturated carbocycles. The molecule has 8 heteroatoms. The van der Waals surface area contributed by atoms with Crippen LogP contribution in [-0.4, -0.2) is 52.4 Å². The van der Waals surface area contributed by atoms with Gasteiger partial charge in [-0.05, 0) is 47.2 Å². The van der Waals surface area contributed by atoms with Gasteiger partial charge in [0.1, 0.15) is 0 Å². The van der Waals surface area contributed by atoms with Gasteiger partial charge in [0.2, 0.25) is 5.91 Å². The van der Waals surface area contributed by atoms with E-state index in [2.05, 4.69) is 9.88 Å². The minimum atomic E-state index is -4.30. The molecule has 1 fully saturated rings. The van der Waals surface area contributed by atoms with E-state index < -0.39 is 5.51 Å². The van der Waals surface area contributed by atoms with Gasteiger partial charge in [-0.15, -0.1) is 0 Å². The SMILES string of the molecule is O=C(/C=C/c1ccc(SC(F)(F)F)cc1)N1CCN(Cc2cccnc2)CC1. The van der Waals surface area contributed by atoms with E-state index in [1.54, 1.807) is 29.3 Å². The third-order valence-corrected chi connectivity index (χ3v) is 5.08. The standard InChI is InChI=1S/C20H20F3N3OS/c21-20(22,23)28-18-6-3-16(4-7-18)5-8-19(27)26-12-10-25(11-13-26)15-17-2-1-9-24-14-17/h1-9,14H,10-13,15H2/b8-5+. The molecule has 0 atom stereocenters. The maximum atomic E-state index is 12.3. The smallest absolute Gasteiger partial charge is 0.337 e. The normalized spacial score (nSPS) is 15.9. The van der Waals surface area contributed by atoms with E-state index in [9.17, 15) is 18.0 Å². The highest BCUT2D eigenvalue weighted by atomic mass is 32.2. The van der Waals surface area contributed by atoms with Crippen LogP contribution in [0.5, 0.6) is 0 Å². The maximum Gasteiger partial charge on any atom is 0.446 e. The second kappa shape index (κ2) is 9.25. The van der Waals surface area contributed by atoms with Crippen LogP contribution in [-0.2, 0) is 11.3 Å². The zero-order chi connectivity index (χ0) is 20.0. The Morgan fingerprint density at radius 1 is 1.11 bits per heavy atom. The number of pyridine rings is 1. The van der Waals surface area contributed by atoms with Crippen molar-refractivity contribution in [3.63, 3.8) is 0 Å². The molecular weight excluding hydrogens is 387 g/mol. The number of carbonyl (C=O) groups excluding carboxylic acids is 1. The fourth-order valence-electron chi connectivity index (χ4n) is 2.93. The second-order valence-electron chi connectivity index (χ2n) is 6.41. The van der Waals surface area contributed by atoms with Crippen LogP contribution >= 0.6 is 11.8 Å². The Labute approximate surface area is 166 Å². The van der Waals surface area contributed by atoms with Crippen LogP contribution < -0.4 is 0 Å². The van der Waals surface area contributed by atoms with Crippen LogP contribution in [0.15, 0.2) is 59.8 Å². The van der Waals surface area contributed by atoms with Gasteiger partial charge in [0, 0.05) is 56.1 Å². The molecule has 1 saturated heterocycles. The van der Waals surface area contributed by atoms with E-state index >= 15 is 0 Å². The molecule has 1 aromatic heterocycles. The Morgan fingerprint density at radius 2 is 1.82 bits per heavy atom. The number of thioether (sulfide) groups is 1. The fourth-order valence-corrected chi connectivity index (χ4v) is 3.47. The average Bonchev–Trinajstić information content (AvgIpc) is 2.67. The van der Waals surface area contributed by atoms with Gasteiger partial charge in [-0.2, -0.15) is 13.2 Å². The highest BCUT2D eigenvalue weighted by Crippen LogP contribution is 2.36. The molecule has 0 radical (unpaired) electrons. The van der Waals surface area contributed by atoms with Gasteiger partial charge in [0.15, 0.2) is 0 Å². The number of amides is 1. The number of alkyl halides is 3. The van der Waals surface area contributed by atoms with Crippen molar-refractivity contribution in [1.82, 2.24) is 14.8 Å². The van der Waals surface area contributed by atoms with E-state index in [-0.39, 0.29) is 22.6 Å². The lowest BCUT2D eigenvalue weighted by molar-refractivity contribution is -0.127. The summed E-state index contributed by atoms with van der Waals surface area (Å²) in [5.41, 5.74) is -2.46. The Hall–Kier alpha value is -2.32. The summed E-state index contributed by atoms with van der Waals surface area (Å²) in [6, 6.07) is 9.90. The van der Waals surface area contributed by atoms with Crippen LogP contribution in [0.2, 0.25) is 0 Å². The van der Waals surface area contributed by atoms with Gasteiger partial charge >= 0.3 is 5.51 Å². The van der Waals surface area contributed by atoms with Crippen molar-refractivity contribution in [3.8, 4) is 0 Å². The number of halogens is 3. The zero-order valence-corrected chi connectivity index (χ0v) is 15.9. The van der Waals surface area contributed by atoms with E-state index in [4.69, 9.17) is 0 Å². The number of piperazine rings is 1. The summed E-state index contributed by atoms with van der Waals surface area (Å²) in [6.45, 7) is 3.68. The van der Waals surface area contributed by atoms with Crippen molar-refractivity contribution in [2.75, 3.05) is 26.2 Å². The summed E-state index contributed by atoms with van der Waals surface area (Å²) in [5.74, 6) is -0.0882. The van der Waals surface area contributed by atoms with Crippen molar-refractivity contribution in [2.24, 2.45) is 0 Å². The summed E-state index contributed by atoms with van der Waals surface area (Å²) in [4.78, 5) is 20.6. The molecule has 1 aromatic carbocycles. The Balaban J connectivity index is 1.47. The summed E-state index contributed by atoms with van der Waals surface area (Å²) >= 11 is -0.151. The predicted molar refractivity (Wildman–Crippen MR) is 103 cm³/mol. The summed E-state index contributed by atoms with van der Waals surface area (Å²) in [6.07, 6.45) is 6.70. The number of carbonyl (C=O) groups is 1. The van der Waals surface area contributed by atoms with E-state index in [0.29, 0.717) is 18.7 Å². The number of rotatable bonds is 5. The van der Waals surface area contributed by atoms with Crippen LogP contribution in [0, 0.1) is 0 Å². The predicted octanol–water partition coefficient (Wildman–Crippen LogP) is 4.05. The molecule has 0 unspecified atom stereocenters. The first-order valence-corrected chi connectivity index (χ1v) is 9.65. The van der Waals surface area contributed by atoms with Crippen molar-refractivity contribution in [1.29, 1.82) is 0 Å². The number of hydrogen-bond donors (Lipinski definition) is 0. The highest BCUT2D eigenvalue weighted by Gasteiger charge is 2.29. The van der Waals surface area contributed by atoms with Crippen molar-refractivity contribution in [3.05, 3.63) is 66.0 Å². The van der Waals surface area contributed by atoms with Crippen molar-refractivity contribution < 1.29 is 18.0 Å². The molecule has 1 aliphatic heterocycles. The zero-order valence-electron chi connectivity index (χ0n) is 15.1. The molecular formula is C20H20F3N3OS.